The van der Waals surface area contributed by atoms with Gasteiger partial charge in [0.25, 0.3) is 11.6 Å². The molecular weight excluding hydrogens is 453 g/mol. The standard InChI is InChI=1S/C22H13BrFN3O3/c23-15-7-11-16(12-8-15)26-21(18-3-1-2-4-19(18)24)25-20(22(26)28)13-14-5-9-17(10-6-14)27(29)30/h1-13H/b20-13+. The van der Waals surface area contributed by atoms with Crippen LogP contribution in [0, 0.1) is 15.9 Å². The maximum atomic E-state index is 14.5. The van der Waals surface area contributed by atoms with Crippen LogP contribution in [0.15, 0.2) is 88.0 Å². The highest BCUT2D eigenvalue weighted by atomic mass is 79.9. The Morgan fingerprint density at radius 2 is 1.67 bits per heavy atom. The average molecular weight is 466 g/mol. The Hall–Kier alpha value is -3.65. The molecule has 0 spiro atoms. The summed E-state index contributed by atoms with van der Waals surface area (Å²) in [4.78, 5) is 29.3. The van der Waals surface area contributed by atoms with E-state index in [9.17, 15) is 19.3 Å². The van der Waals surface area contributed by atoms with Gasteiger partial charge in [0.1, 0.15) is 11.5 Å². The fraction of sp³-hybridized carbons (Fsp3) is 0. The van der Waals surface area contributed by atoms with Crippen molar-refractivity contribution in [2.24, 2.45) is 4.99 Å². The number of nitro groups is 1. The first kappa shape index (κ1) is 19.7. The van der Waals surface area contributed by atoms with Crippen molar-refractivity contribution >= 4 is 45.1 Å². The number of non-ortho nitro benzene ring substituents is 1. The fourth-order valence-corrected chi connectivity index (χ4v) is 3.28. The summed E-state index contributed by atoms with van der Waals surface area (Å²) >= 11 is 3.36. The molecule has 4 rings (SSSR count). The van der Waals surface area contributed by atoms with Crippen molar-refractivity contribution in [3.8, 4) is 0 Å². The number of carbonyl (C=O) groups excluding carboxylic acids is 1. The number of amidine groups is 1. The van der Waals surface area contributed by atoms with Gasteiger partial charge in [-0.2, -0.15) is 0 Å². The SMILES string of the molecule is O=C1/C(=C\c2ccc([N+](=O)[O-])cc2)N=C(c2ccccc2F)N1c1ccc(Br)cc1. The lowest BCUT2D eigenvalue weighted by Crippen LogP contribution is -2.33. The maximum absolute atomic E-state index is 14.5. The van der Waals surface area contributed by atoms with Gasteiger partial charge < -0.3 is 0 Å². The number of benzene rings is 3. The van der Waals surface area contributed by atoms with Gasteiger partial charge in [0.2, 0.25) is 0 Å². The molecule has 1 amide bonds. The van der Waals surface area contributed by atoms with E-state index < -0.39 is 16.6 Å². The Balaban J connectivity index is 1.80. The van der Waals surface area contributed by atoms with Crippen molar-refractivity contribution in [2.75, 3.05) is 4.90 Å². The Kier molecular flexibility index (Phi) is 5.24. The summed E-state index contributed by atoms with van der Waals surface area (Å²) in [5.74, 6) is -0.745. The number of amides is 1. The Morgan fingerprint density at radius 3 is 2.30 bits per heavy atom. The summed E-state index contributed by atoms with van der Waals surface area (Å²) in [6, 6.07) is 18.9. The van der Waals surface area contributed by atoms with Crippen LogP contribution in [0.4, 0.5) is 15.8 Å². The Bertz CT molecular complexity index is 1210. The highest BCUT2D eigenvalue weighted by molar-refractivity contribution is 9.10. The molecule has 148 valence electrons. The number of aliphatic imine (C=N–C) groups is 1. The summed E-state index contributed by atoms with van der Waals surface area (Å²) in [6.07, 6.45) is 1.52. The van der Waals surface area contributed by atoms with Crippen LogP contribution >= 0.6 is 15.9 Å². The van der Waals surface area contributed by atoms with Crippen molar-refractivity contribution in [3.05, 3.63) is 110 Å². The van der Waals surface area contributed by atoms with E-state index in [1.165, 1.54) is 41.3 Å². The molecule has 3 aromatic rings. The van der Waals surface area contributed by atoms with Crippen LogP contribution in [0.1, 0.15) is 11.1 Å². The van der Waals surface area contributed by atoms with E-state index in [1.807, 2.05) is 0 Å². The normalized spacial score (nSPS) is 14.9. The summed E-state index contributed by atoms with van der Waals surface area (Å²) in [5, 5.41) is 10.8. The van der Waals surface area contributed by atoms with Crippen molar-refractivity contribution in [1.82, 2.24) is 0 Å². The molecule has 6 nitrogen and oxygen atoms in total. The second kappa shape index (κ2) is 8.00. The van der Waals surface area contributed by atoms with Crippen LogP contribution in [0.25, 0.3) is 6.08 Å². The van der Waals surface area contributed by atoms with E-state index >= 15 is 0 Å². The molecule has 30 heavy (non-hydrogen) atoms. The Labute approximate surface area is 179 Å². The average Bonchev–Trinajstić information content (AvgIpc) is 3.05. The van der Waals surface area contributed by atoms with Crippen LogP contribution in [0.5, 0.6) is 0 Å². The highest BCUT2D eigenvalue weighted by Gasteiger charge is 2.33. The quantitative estimate of drug-likeness (QED) is 0.296. The van der Waals surface area contributed by atoms with E-state index in [-0.39, 0.29) is 22.8 Å². The molecule has 0 aromatic heterocycles. The summed E-state index contributed by atoms with van der Waals surface area (Å²) in [6.45, 7) is 0. The molecule has 0 saturated heterocycles. The topological polar surface area (TPSA) is 75.8 Å². The minimum absolute atomic E-state index is 0.0538. The first-order valence-electron chi connectivity index (χ1n) is 8.84. The van der Waals surface area contributed by atoms with Gasteiger partial charge in [-0.1, -0.05) is 28.1 Å². The first-order valence-corrected chi connectivity index (χ1v) is 9.63. The van der Waals surface area contributed by atoms with Gasteiger partial charge in [-0.05, 0) is 60.2 Å². The van der Waals surface area contributed by atoms with E-state index in [2.05, 4.69) is 20.9 Å². The van der Waals surface area contributed by atoms with E-state index in [4.69, 9.17) is 0 Å². The fourth-order valence-electron chi connectivity index (χ4n) is 3.02. The van der Waals surface area contributed by atoms with Crippen molar-refractivity contribution < 1.29 is 14.1 Å². The van der Waals surface area contributed by atoms with Gasteiger partial charge in [-0.15, -0.1) is 0 Å². The minimum Gasteiger partial charge on any atom is -0.266 e. The number of nitro benzene ring substituents is 1. The molecule has 1 aliphatic rings. The van der Waals surface area contributed by atoms with Crippen LogP contribution in [-0.4, -0.2) is 16.7 Å². The molecule has 0 N–H and O–H groups in total. The molecule has 0 saturated carbocycles. The number of rotatable bonds is 4. The van der Waals surface area contributed by atoms with Crippen molar-refractivity contribution in [3.63, 3.8) is 0 Å². The first-order chi connectivity index (χ1) is 14.4. The number of hydrogen-bond acceptors (Lipinski definition) is 4. The van der Waals surface area contributed by atoms with Gasteiger partial charge >= 0.3 is 0 Å². The van der Waals surface area contributed by atoms with Crippen LogP contribution < -0.4 is 4.90 Å². The van der Waals surface area contributed by atoms with E-state index in [0.29, 0.717) is 11.3 Å². The third-order valence-electron chi connectivity index (χ3n) is 4.47. The molecule has 0 radical (unpaired) electrons. The van der Waals surface area contributed by atoms with E-state index in [1.54, 1.807) is 42.5 Å². The largest absolute Gasteiger partial charge is 0.282 e. The number of carbonyl (C=O) groups is 1. The molecule has 0 atom stereocenters. The van der Waals surface area contributed by atoms with Crippen molar-refractivity contribution in [2.45, 2.75) is 0 Å². The molecule has 0 unspecified atom stereocenters. The Morgan fingerprint density at radius 1 is 1.00 bits per heavy atom. The third-order valence-corrected chi connectivity index (χ3v) is 5.00. The monoisotopic (exact) mass is 465 g/mol. The molecule has 8 heteroatoms. The highest BCUT2D eigenvalue weighted by Crippen LogP contribution is 2.29. The molecule has 3 aromatic carbocycles. The molecular formula is C22H13BrFN3O3. The summed E-state index contributed by atoms with van der Waals surface area (Å²) < 4.78 is 15.3. The number of hydrogen-bond donors (Lipinski definition) is 0. The number of halogens is 2. The summed E-state index contributed by atoms with van der Waals surface area (Å²) in [5.41, 5.74) is 1.35. The zero-order valence-electron chi connectivity index (χ0n) is 15.3. The number of nitrogens with zero attached hydrogens (tertiary/aromatic N) is 3. The predicted molar refractivity (Wildman–Crippen MR) is 116 cm³/mol. The molecule has 0 bridgehead atoms. The second-order valence-corrected chi connectivity index (χ2v) is 7.33. The van der Waals surface area contributed by atoms with Crippen molar-refractivity contribution in [1.29, 1.82) is 0 Å². The lowest BCUT2D eigenvalue weighted by molar-refractivity contribution is -0.384. The maximum Gasteiger partial charge on any atom is 0.282 e. The van der Waals surface area contributed by atoms with E-state index in [0.717, 1.165) is 4.47 Å². The summed E-state index contributed by atoms with van der Waals surface area (Å²) in [7, 11) is 0. The van der Waals surface area contributed by atoms with Gasteiger partial charge in [-0.3, -0.25) is 19.8 Å². The second-order valence-electron chi connectivity index (χ2n) is 6.41. The minimum atomic E-state index is -0.499. The lowest BCUT2D eigenvalue weighted by Gasteiger charge is -2.19. The zero-order valence-corrected chi connectivity index (χ0v) is 16.9. The smallest absolute Gasteiger partial charge is 0.266 e. The molecule has 1 heterocycles. The molecule has 0 fully saturated rings. The van der Waals surface area contributed by atoms with Gasteiger partial charge in [0.05, 0.1) is 16.2 Å². The van der Waals surface area contributed by atoms with Gasteiger partial charge in [-0.25, -0.2) is 9.38 Å². The zero-order chi connectivity index (χ0) is 21.3. The molecule has 1 aliphatic heterocycles. The van der Waals surface area contributed by atoms with Gasteiger partial charge in [0.15, 0.2) is 5.84 Å². The third kappa shape index (κ3) is 3.77. The van der Waals surface area contributed by atoms with Crippen LogP contribution in [0.2, 0.25) is 0 Å². The van der Waals surface area contributed by atoms with Gasteiger partial charge in [0, 0.05) is 16.6 Å². The number of anilines is 1. The van der Waals surface area contributed by atoms with Crippen LogP contribution in [-0.2, 0) is 4.79 Å². The molecule has 0 aliphatic carbocycles. The lowest BCUT2D eigenvalue weighted by atomic mass is 10.1. The van der Waals surface area contributed by atoms with Crippen LogP contribution in [0.3, 0.4) is 0 Å². The predicted octanol–water partition coefficient (Wildman–Crippen LogP) is 5.33.